The maximum Gasteiger partial charge on any atom is 0.0396 e. The van der Waals surface area contributed by atoms with E-state index in [0.717, 1.165) is 19.5 Å². The van der Waals surface area contributed by atoms with E-state index in [2.05, 4.69) is 44.0 Å². The number of hydrogen-bond donors (Lipinski definition) is 1. The second-order valence-corrected chi connectivity index (χ2v) is 4.09. The van der Waals surface area contributed by atoms with Crippen LogP contribution in [0.25, 0.3) is 0 Å². The Morgan fingerprint density at radius 3 is 2.67 bits per heavy atom. The van der Waals surface area contributed by atoms with Gasteiger partial charge in [-0.2, -0.15) is 0 Å². The summed E-state index contributed by atoms with van der Waals surface area (Å²) in [4.78, 5) is 2.31. The van der Waals surface area contributed by atoms with Gasteiger partial charge in [-0.3, -0.25) is 0 Å². The zero-order chi connectivity index (χ0) is 11.3. The van der Waals surface area contributed by atoms with Gasteiger partial charge in [-0.1, -0.05) is 24.6 Å². The monoisotopic (exact) mass is 206 g/mol. The fourth-order valence-electron chi connectivity index (χ4n) is 1.90. The molecular formula is C13H22N2. The van der Waals surface area contributed by atoms with Crippen molar-refractivity contribution in [1.82, 2.24) is 0 Å². The van der Waals surface area contributed by atoms with Crippen molar-refractivity contribution in [2.45, 2.75) is 26.7 Å². The van der Waals surface area contributed by atoms with E-state index in [1.807, 2.05) is 0 Å². The van der Waals surface area contributed by atoms with Crippen molar-refractivity contribution in [3.63, 3.8) is 0 Å². The molecular weight excluding hydrogens is 184 g/mol. The minimum Gasteiger partial charge on any atom is -0.374 e. The van der Waals surface area contributed by atoms with E-state index in [1.54, 1.807) is 0 Å². The highest BCUT2D eigenvalue weighted by Crippen LogP contribution is 2.21. The van der Waals surface area contributed by atoms with Crippen LogP contribution < -0.4 is 10.6 Å². The molecule has 2 N–H and O–H groups in total. The summed E-state index contributed by atoms with van der Waals surface area (Å²) in [7, 11) is 2.15. The smallest absolute Gasteiger partial charge is 0.0396 e. The third-order valence-corrected chi connectivity index (χ3v) is 2.62. The average Bonchev–Trinajstić information content (AvgIpc) is 2.18. The minimum atomic E-state index is 0.719. The lowest BCUT2D eigenvalue weighted by atomic mass is 10.1. The van der Waals surface area contributed by atoms with Crippen molar-refractivity contribution < 1.29 is 0 Å². The highest BCUT2D eigenvalue weighted by Gasteiger charge is 2.06. The first kappa shape index (κ1) is 12.1. The number of hydrogen-bond acceptors (Lipinski definition) is 2. The van der Waals surface area contributed by atoms with E-state index >= 15 is 0 Å². The summed E-state index contributed by atoms with van der Waals surface area (Å²) in [6.07, 6.45) is 2.14. The van der Waals surface area contributed by atoms with E-state index in [1.165, 1.54) is 23.2 Å². The van der Waals surface area contributed by atoms with Gasteiger partial charge in [0.2, 0.25) is 0 Å². The molecule has 0 saturated heterocycles. The molecule has 2 nitrogen and oxygen atoms in total. The van der Waals surface area contributed by atoms with Crippen LogP contribution in [0.3, 0.4) is 0 Å². The number of aryl methyl sites for hydroxylation is 1. The van der Waals surface area contributed by atoms with Crippen molar-refractivity contribution in [3.8, 4) is 0 Å². The summed E-state index contributed by atoms with van der Waals surface area (Å²) in [5, 5.41) is 0. The van der Waals surface area contributed by atoms with Crippen LogP contribution in [0.15, 0.2) is 18.2 Å². The predicted molar refractivity (Wildman–Crippen MR) is 67.5 cm³/mol. The van der Waals surface area contributed by atoms with Crippen LogP contribution in [-0.2, 0) is 6.42 Å². The molecule has 0 aliphatic carbocycles. The van der Waals surface area contributed by atoms with E-state index in [9.17, 15) is 0 Å². The van der Waals surface area contributed by atoms with Crippen LogP contribution in [0.1, 0.15) is 24.5 Å². The molecule has 0 aliphatic heterocycles. The average molecular weight is 206 g/mol. The summed E-state index contributed by atoms with van der Waals surface area (Å²) < 4.78 is 0. The molecule has 84 valence electrons. The van der Waals surface area contributed by atoms with Gasteiger partial charge in [-0.25, -0.2) is 0 Å². The molecule has 0 atom stereocenters. The van der Waals surface area contributed by atoms with Gasteiger partial charge in [0.25, 0.3) is 0 Å². The number of rotatable bonds is 5. The lowest BCUT2D eigenvalue weighted by molar-refractivity contribution is 0.840. The Kier molecular flexibility index (Phi) is 4.63. The van der Waals surface area contributed by atoms with E-state index < -0.39 is 0 Å². The van der Waals surface area contributed by atoms with Crippen LogP contribution in [0.4, 0.5) is 5.69 Å². The maximum absolute atomic E-state index is 5.64. The van der Waals surface area contributed by atoms with Crippen LogP contribution in [0.5, 0.6) is 0 Å². The van der Waals surface area contributed by atoms with Crippen molar-refractivity contribution in [2.75, 3.05) is 25.0 Å². The SMILES string of the molecule is CCCN(C)c1ccc(C)cc1CCN. The van der Waals surface area contributed by atoms with Crippen molar-refractivity contribution >= 4 is 5.69 Å². The highest BCUT2D eigenvalue weighted by atomic mass is 15.1. The highest BCUT2D eigenvalue weighted by molar-refractivity contribution is 5.54. The summed E-state index contributed by atoms with van der Waals surface area (Å²) in [6.45, 7) is 6.15. The first-order valence-corrected chi connectivity index (χ1v) is 5.69. The normalized spacial score (nSPS) is 10.4. The Labute approximate surface area is 93.1 Å². The third-order valence-electron chi connectivity index (χ3n) is 2.62. The zero-order valence-electron chi connectivity index (χ0n) is 10.1. The standard InChI is InChI=1S/C13H22N2/c1-4-9-15(3)13-6-5-11(2)10-12(13)7-8-14/h5-6,10H,4,7-9,14H2,1-3H3. The summed E-state index contributed by atoms with van der Waals surface area (Å²) in [6, 6.07) is 6.62. The molecule has 0 aromatic heterocycles. The topological polar surface area (TPSA) is 29.3 Å². The number of nitrogens with zero attached hydrogens (tertiary/aromatic N) is 1. The summed E-state index contributed by atoms with van der Waals surface area (Å²) in [5.74, 6) is 0. The van der Waals surface area contributed by atoms with Crippen molar-refractivity contribution in [2.24, 2.45) is 5.73 Å². The van der Waals surface area contributed by atoms with Gasteiger partial charge in [0.1, 0.15) is 0 Å². The fourth-order valence-corrected chi connectivity index (χ4v) is 1.90. The molecule has 0 amide bonds. The van der Waals surface area contributed by atoms with Gasteiger partial charge in [0.15, 0.2) is 0 Å². The zero-order valence-corrected chi connectivity index (χ0v) is 10.1. The first-order chi connectivity index (χ1) is 7.19. The molecule has 1 rings (SSSR count). The molecule has 0 spiro atoms. The Balaban J connectivity index is 2.93. The first-order valence-electron chi connectivity index (χ1n) is 5.69. The number of benzene rings is 1. The molecule has 0 bridgehead atoms. The Morgan fingerprint density at radius 1 is 1.33 bits per heavy atom. The van der Waals surface area contributed by atoms with Gasteiger partial charge in [0, 0.05) is 19.3 Å². The largest absolute Gasteiger partial charge is 0.374 e. The van der Waals surface area contributed by atoms with Gasteiger partial charge in [-0.15, -0.1) is 0 Å². The van der Waals surface area contributed by atoms with E-state index in [-0.39, 0.29) is 0 Å². The molecule has 1 aromatic carbocycles. The third kappa shape index (κ3) is 3.24. The van der Waals surface area contributed by atoms with Gasteiger partial charge >= 0.3 is 0 Å². The van der Waals surface area contributed by atoms with Crippen LogP contribution in [-0.4, -0.2) is 20.1 Å². The molecule has 0 aliphatic rings. The van der Waals surface area contributed by atoms with E-state index in [4.69, 9.17) is 5.73 Å². The number of anilines is 1. The molecule has 0 heterocycles. The van der Waals surface area contributed by atoms with Crippen molar-refractivity contribution in [3.05, 3.63) is 29.3 Å². The molecule has 0 fully saturated rings. The molecule has 15 heavy (non-hydrogen) atoms. The van der Waals surface area contributed by atoms with E-state index in [0.29, 0.717) is 0 Å². The Hall–Kier alpha value is -1.02. The molecule has 1 aromatic rings. The van der Waals surface area contributed by atoms with Crippen LogP contribution in [0, 0.1) is 6.92 Å². The Morgan fingerprint density at radius 2 is 2.07 bits per heavy atom. The second-order valence-electron chi connectivity index (χ2n) is 4.09. The lowest BCUT2D eigenvalue weighted by Gasteiger charge is -2.22. The van der Waals surface area contributed by atoms with Crippen molar-refractivity contribution in [1.29, 1.82) is 0 Å². The Bertz CT molecular complexity index is 307. The molecule has 0 saturated carbocycles. The van der Waals surface area contributed by atoms with Gasteiger partial charge in [-0.05, 0) is 37.9 Å². The molecule has 0 unspecified atom stereocenters. The second kappa shape index (κ2) is 5.76. The molecule has 0 radical (unpaired) electrons. The lowest BCUT2D eigenvalue weighted by Crippen LogP contribution is -2.20. The van der Waals surface area contributed by atoms with Gasteiger partial charge in [0.05, 0.1) is 0 Å². The molecule has 2 heteroatoms. The predicted octanol–water partition coefficient (Wildman–Crippen LogP) is 2.34. The summed E-state index contributed by atoms with van der Waals surface area (Å²) >= 11 is 0. The van der Waals surface area contributed by atoms with Gasteiger partial charge < -0.3 is 10.6 Å². The summed E-state index contributed by atoms with van der Waals surface area (Å²) in [5.41, 5.74) is 9.64. The van der Waals surface area contributed by atoms with Crippen LogP contribution >= 0.6 is 0 Å². The maximum atomic E-state index is 5.64. The van der Waals surface area contributed by atoms with Crippen LogP contribution in [0.2, 0.25) is 0 Å². The fraction of sp³-hybridized carbons (Fsp3) is 0.538. The minimum absolute atomic E-state index is 0.719. The number of nitrogens with two attached hydrogens (primary N) is 1. The quantitative estimate of drug-likeness (QED) is 0.801.